The molecule has 0 aliphatic heterocycles. The van der Waals surface area contributed by atoms with Gasteiger partial charge in [0.05, 0.1) is 27.9 Å². The van der Waals surface area contributed by atoms with Crippen LogP contribution in [0.25, 0.3) is 12.2 Å². The van der Waals surface area contributed by atoms with E-state index < -0.39 is 24.1 Å². The lowest BCUT2D eigenvalue weighted by atomic mass is 10.0. The molecule has 0 saturated carbocycles. The van der Waals surface area contributed by atoms with Crippen molar-refractivity contribution in [2.45, 2.75) is 25.0 Å². The van der Waals surface area contributed by atoms with E-state index in [0.717, 1.165) is 5.56 Å². The van der Waals surface area contributed by atoms with Crippen LogP contribution in [0.15, 0.2) is 91.0 Å². The predicted molar refractivity (Wildman–Crippen MR) is 193 cm³/mol. The van der Waals surface area contributed by atoms with Crippen LogP contribution in [0, 0.1) is 0 Å². The number of aromatic hydroxyl groups is 3. The average molecular weight is 715 g/mol. The number of hydrogen-bond donors (Lipinski definition) is 3. The Hall–Kier alpha value is -6.14. The molecular formula is C40H42O12. The summed E-state index contributed by atoms with van der Waals surface area (Å²) >= 11 is 0. The van der Waals surface area contributed by atoms with Gasteiger partial charge in [0.1, 0.15) is 18.5 Å². The summed E-state index contributed by atoms with van der Waals surface area (Å²) in [5.74, 6) is 0.244. The van der Waals surface area contributed by atoms with Gasteiger partial charge >= 0.3 is 11.9 Å². The second kappa shape index (κ2) is 19.3. The molecule has 0 unspecified atom stereocenters. The van der Waals surface area contributed by atoms with Crippen molar-refractivity contribution in [1.29, 1.82) is 0 Å². The number of aryl methyl sites for hydroxylation is 1. The van der Waals surface area contributed by atoms with Crippen LogP contribution in [0.2, 0.25) is 0 Å². The Morgan fingerprint density at radius 1 is 0.654 bits per heavy atom. The summed E-state index contributed by atoms with van der Waals surface area (Å²) in [6.45, 7) is -0.0334. The number of rotatable bonds is 18. The van der Waals surface area contributed by atoms with Gasteiger partial charge in [0.2, 0.25) is 0 Å². The van der Waals surface area contributed by atoms with Gasteiger partial charge in [-0.25, -0.2) is 9.59 Å². The van der Waals surface area contributed by atoms with E-state index in [1.807, 2.05) is 12.1 Å². The highest BCUT2D eigenvalue weighted by Gasteiger charge is 2.29. The second-order valence-corrected chi connectivity index (χ2v) is 11.3. The van der Waals surface area contributed by atoms with Gasteiger partial charge < -0.3 is 48.5 Å². The summed E-state index contributed by atoms with van der Waals surface area (Å²) in [6.07, 6.45) is 5.18. The number of benzene rings is 4. The number of methoxy groups -OCH3 is 4. The van der Waals surface area contributed by atoms with Crippen molar-refractivity contribution in [2.75, 3.05) is 41.7 Å². The maximum atomic E-state index is 12.7. The minimum absolute atomic E-state index is 0.00463. The van der Waals surface area contributed by atoms with E-state index in [2.05, 4.69) is 0 Å². The summed E-state index contributed by atoms with van der Waals surface area (Å²) in [7, 11) is 5.87. The summed E-state index contributed by atoms with van der Waals surface area (Å²) in [4.78, 5) is 25.0. The van der Waals surface area contributed by atoms with E-state index in [4.69, 9.17) is 33.2 Å². The Bertz CT molecular complexity index is 1850. The van der Waals surface area contributed by atoms with Crippen molar-refractivity contribution in [3.05, 3.63) is 113 Å². The highest BCUT2D eigenvalue weighted by molar-refractivity contribution is 5.87. The molecule has 0 aliphatic carbocycles. The zero-order chi connectivity index (χ0) is 37.5. The molecule has 2 atom stereocenters. The van der Waals surface area contributed by atoms with Gasteiger partial charge in [-0.05, 0) is 95.8 Å². The minimum atomic E-state index is -0.875. The minimum Gasteiger partial charge on any atom is -0.508 e. The van der Waals surface area contributed by atoms with Gasteiger partial charge in [-0.2, -0.15) is 0 Å². The fourth-order valence-electron chi connectivity index (χ4n) is 5.11. The molecular weight excluding hydrogens is 672 g/mol. The number of phenolic OH excluding ortho intramolecular Hbond substituents is 3. The Kier molecular flexibility index (Phi) is 14.4. The zero-order valence-corrected chi connectivity index (χ0v) is 29.3. The fraction of sp³-hybridized carbons (Fsp3) is 0.250. The van der Waals surface area contributed by atoms with Gasteiger partial charge in [0.15, 0.2) is 40.6 Å². The van der Waals surface area contributed by atoms with Crippen molar-refractivity contribution in [3.8, 4) is 40.2 Å². The molecule has 0 radical (unpaired) electrons. The van der Waals surface area contributed by atoms with Crippen LogP contribution in [0.1, 0.15) is 34.8 Å². The van der Waals surface area contributed by atoms with Crippen LogP contribution in [-0.4, -0.2) is 75.0 Å². The summed E-state index contributed by atoms with van der Waals surface area (Å²) in [5, 5.41) is 29.4. The number of esters is 2. The normalized spacial score (nSPS) is 12.3. The second-order valence-electron chi connectivity index (χ2n) is 11.3. The molecule has 12 nitrogen and oxygen atoms in total. The molecule has 52 heavy (non-hydrogen) atoms. The van der Waals surface area contributed by atoms with Crippen LogP contribution in [0.5, 0.6) is 40.2 Å². The number of carbonyl (C=O) groups excluding carboxylic acids is 2. The molecule has 0 saturated heterocycles. The Balaban J connectivity index is 1.42. The molecule has 0 fully saturated rings. The lowest BCUT2D eigenvalue weighted by Gasteiger charge is -2.28. The largest absolute Gasteiger partial charge is 0.508 e. The van der Waals surface area contributed by atoms with Crippen molar-refractivity contribution in [1.82, 2.24) is 0 Å². The lowest BCUT2D eigenvalue weighted by molar-refractivity contribution is -0.143. The third-order valence-corrected chi connectivity index (χ3v) is 7.79. The fourth-order valence-corrected chi connectivity index (χ4v) is 5.11. The molecule has 0 amide bonds. The SMILES string of the molecule is COc1cc(C=CC(=O)OCCCc2ccc(O[C@@H](COC(=O)C=Cc3ccc(O)cc3)[C@H](OC)c3ccc(O)c(OC)c3)c(OC)c2)ccc1O. The van der Waals surface area contributed by atoms with E-state index in [9.17, 15) is 24.9 Å². The lowest BCUT2D eigenvalue weighted by Crippen LogP contribution is -2.32. The monoisotopic (exact) mass is 714 g/mol. The molecule has 4 aromatic rings. The quantitative estimate of drug-likeness (QED) is 0.0592. The number of hydrogen-bond acceptors (Lipinski definition) is 12. The van der Waals surface area contributed by atoms with Crippen LogP contribution in [0.3, 0.4) is 0 Å². The van der Waals surface area contributed by atoms with Crippen molar-refractivity contribution >= 4 is 24.1 Å². The first-order valence-electron chi connectivity index (χ1n) is 16.2. The first kappa shape index (κ1) is 38.7. The zero-order valence-electron chi connectivity index (χ0n) is 29.3. The Morgan fingerprint density at radius 2 is 1.27 bits per heavy atom. The molecule has 12 heteroatoms. The molecule has 0 aliphatic rings. The maximum Gasteiger partial charge on any atom is 0.330 e. The van der Waals surface area contributed by atoms with Crippen molar-refractivity contribution in [3.63, 3.8) is 0 Å². The van der Waals surface area contributed by atoms with E-state index >= 15 is 0 Å². The van der Waals surface area contributed by atoms with Crippen molar-refractivity contribution < 1.29 is 58.1 Å². The number of ether oxygens (including phenoxy) is 7. The first-order chi connectivity index (χ1) is 25.1. The molecule has 4 rings (SSSR count). The van der Waals surface area contributed by atoms with Crippen LogP contribution < -0.4 is 18.9 Å². The summed E-state index contributed by atoms with van der Waals surface area (Å²) in [5.41, 5.74) is 2.87. The topological polar surface area (TPSA) is 159 Å². The van der Waals surface area contributed by atoms with Crippen molar-refractivity contribution in [2.24, 2.45) is 0 Å². The molecule has 274 valence electrons. The summed E-state index contributed by atoms with van der Waals surface area (Å²) < 4.78 is 39.2. The van der Waals surface area contributed by atoms with Crippen LogP contribution in [-0.2, 0) is 30.2 Å². The molecule has 0 aromatic heterocycles. The Labute approximate surface area is 302 Å². The average Bonchev–Trinajstić information content (AvgIpc) is 3.16. The van der Waals surface area contributed by atoms with E-state index in [-0.39, 0.29) is 36.2 Å². The van der Waals surface area contributed by atoms with E-state index in [0.29, 0.717) is 46.8 Å². The molecule has 0 heterocycles. The number of carbonyl (C=O) groups is 2. The molecule has 0 spiro atoms. The third-order valence-electron chi connectivity index (χ3n) is 7.79. The highest BCUT2D eigenvalue weighted by atomic mass is 16.6. The maximum absolute atomic E-state index is 12.7. The van der Waals surface area contributed by atoms with Gasteiger partial charge in [-0.1, -0.05) is 30.3 Å². The van der Waals surface area contributed by atoms with Gasteiger partial charge in [0, 0.05) is 19.3 Å². The Morgan fingerprint density at radius 3 is 1.94 bits per heavy atom. The van der Waals surface area contributed by atoms with Gasteiger partial charge in [-0.15, -0.1) is 0 Å². The van der Waals surface area contributed by atoms with Crippen LogP contribution in [0.4, 0.5) is 0 Å². The van der Waals surface area contributed by atoms with Gasteiger partial charge in [0.25, 0.3) is 0 Å². The third kappa shape index (κ3) is 11.2. The molecule has 3 N–H and O–H groups in total. The predicted octanol–water partition coefficient (Wildman–Crippen LogP) is 6.41. The first-order valence-corrected chi connectivity index (χ1v) is 16.2. The van der Waals surface area contributed by atoms with E-state index in [1.165, 1.54) is 64.9 Å². The highest BCUT2D eigenvalue weighted by Crippen LogP contribution is 2.36. The smallest absolute Gasteiger partial charge is 0.330 e. The molecule has 4 aromatic carbocycles. The molecule has 0 bridgehead atoms. The summed E-state index contributed by atoms with van der Waals surface area (Å²) in [6, 6.07) is 21.2. The van der Waals surface area contributed by atoms with Gasteiger partial charge in [-0.3, -0.25) is 0 Å². The van der Waals surface area contributed by atoms with Crippen LogP contribution >= 0.6 is 0 Å². The van der Waals surface area contributed by atoms with E-state index in [1.54, 1.807) is 54.6 Å². The number of phenols is 3. The standard InChI is InChI=1S/C40H42O12/c1-46-34-22-28(9-16-31(34)42)12-20-38(44)50-21-5-6-27-10-18-33(36(23-27)48-3)52-37(40(49-4)29-13-17-32(43)35(24-29)47-2)25-51-39(45)19-11-26-7-14-30(41)15-8-26/h7-20,22-24,37,40-43H,5-6,21,25H2,1-4H3/t37-,40+/m0/s1.